The zero-order valence-electron chi connectivity index (χ0n) is 16.9. The van der Waals surface area contributed by atoms with Gasteiger partial charge in [-0.15, -0.1) is 11.8 Å². The number of likely N-dealkylation sites (N-methyl/N-ethyl adjacent to an activating group) is 1. The third-order valence-corrected chi connectivity index (χ3v) is 5.66. The lowest BCUT2D eigenvalue weighted by molar-refractivity contribution is -0.138. The Balaban J connectivity index is 2.03. The fourth-order valence-electron chi connectivity index (χ4n) is 2.82. The maximum absolute atomic E-state index is 12.9. The van der Waals surface area contributed by atoms with Crippen LogP contribution in [0.4, 0.5) is 0 Å². The van der Waals surface area contributed by atoms with Gasteiger partial charge in [-0.25, -0.2) is 0 Å². The molecule has 0 aliphatic carbocycles. The number of methoxy groups -OCH3 is 1. The molecule has 0 heterocycles. The summed E-state index contributed by atoms with van der Waals surface area (Å²) in [7, 11) is 3.23. The van der Waals surface area contributed by atoms with E-state index in [1.165, 1.54) is 0 Å². The number of benzene rings is 2. The second-order valence-electron chi connectivity index (χ2n) is 6.58. The smallest absolute Gasteiger partial charge is 0.242 e. The van der Waals surface area contributed by atoms with Gasteiger partial charge in [-0.3, -0.25) is 9.59 Å². The number of carbonyl (C=O) groups excluding carboxylic acids is 2. The predicted molar refractivity (Wildman–Crippen MR) is 114 cm³/mol. The second kappa shape index (κ2) is 10.8. The van der Waals surface area contributed by atoms with Gasteiger partial charge in [-0.2, -0.15) is 0 Å². The fourth-order valence-corrected chi connectivity index (χ4v) is 3.69. The first-order chi connectivity index (χ1) is 13.5. The maximum atomic E-state index is 12.9. The summed E-state index contributed by atoms with van der Waals surface area (Å²) >= 11 is 1.54. The molecule has 0 spiro atoms. The monoisotopic (exact) mass is 400 g/mol. The summed E-state index contributed by atoms with van der Waals surface area (Å²) in [6.07, 6.45) is 0. The summed E-state index contributed by atoms with van der Waals surface area (Å²) < 4.78 is 5.16. The quantitative estimate of drug-likeness (QED) is 0.701. The van der Waals surface area contributed by atoms with Crippen molar-refractivity contribution in [1.29, 1.82) is 0 Å². The molecule has 2 aromatic carbocycles. The normalized spacial score (nSPS) is 11.6. The van der Waals surface area contributed by atoms with Crippen LogP contribution in [0.3, 0.4) is 0 Å². The number of hydrogen-bond donors (Lipinski definition) is 1. The van der Waals surface area contributed by atoms with Gasteiger partial charge in [-0.05, 0) is 42.7 Å². The highest BCUT2D eigenvalue weighted by atomic mass is 32.2. The van der Waals surface area contributed by atoms with Crippen LogP contribution in [0.1, 0.15) is 23.6 Å². The molecule has 2 amide bonds. The van der Waals surface area contributed by atoms with E-state index in [9.17, 15) is 9.59 Å². The lowest BCUT2D eigenvalue weighted by atomic mass is 10.1. The molecule has 5 nitrogen and oxygen atoms in total. The van der Waals surface area contributed by atoms with Gasteiger partial charge in [0.05, 0.1) is 12.9 Å². The molecule has 0 radical (unpaired) electrons. The highest BCUT2D eigenvalue weighted by molar-refractivity contribution is 7.99. The summed E-state index contributed by atoms with van der Waals surface area (Å²) in [6.45, 7) is 4.20. The van der Waals surface area contributed by atoms with Gasteiger partial charge in [-0.1, -0.05) is 36.4 Å². The molecule has 150 valence electrons. The van der Waals surface area contributed by atoms with Crippen molar-refractivity contribution in [1.82, 2.24) is 10.2 Å². The molecule has 0 saturated heterocycles. The third kappa shape index (κ3) is 6.02. The van der Waals surface area contributed by atoms with E-state index in [0.29, 0.717) is 12.3 Å². The molecule has 2 rings (SSSR count). The first-order valence-corrected chi connectivity index (χ1v) is 10.4. The minimum absolute atomic E-state index is 0.0436. The Bertz CT molecular complexity index is 793. The molecule has 2 aromatic rings. The van der Waals surface area contributed by atoms with Crippen LogP contribution in [0.25, 0.3) is 0 Å². The molecule has 28 heavy (non-hydrogen) atoms. The van der Waals surface area contributed by atoms with Gasteiger partial charge in [0, 0.05) is 19.3 Å². The minimum Gasteiger partial charge on any atom is -0.497 e. The Morgan fingerprint density at radius 3 is 2.43 bits per heavy atom. The zero-order valence-corrected chi connectivity index (χ0v) is 17.7. The average Bonchev–Trinajstić information content (AvgIpc) is 2.72. The van der Waals surface area contributed by atoms with Gasteiger partial charge in [0.25, 0.3) is 0 Å². The van der Waals surface area contributed by atoms with Crippen molar-refractivity contribution in [2.45, 2.75) is 32.2 Å². The molecule has 0 unspecified atom stereocenters. The molecule has 0 saturated carbocycles. The Labute approximate surface area is 171 Å². The highest BCUT2D eigenvalue weighted by Crippen LogP contribution is 2.19. The standard InChI is InChI=1S/C22H28N2O3S/c1-16-7-5-6-8-19(16)13-24(17(2)22(26)23-3)21(25)15-28-14-18-9-11-20(27-4)12-10-18/h5-12,17H,13-15H2,1-4H3,(H,23,26)/t17-/m0/s1. The van der Waals surface area contributed by atoms with E-state index in [-0.39, 0.29) is 11.8 Å². The van der Waals surface area contributed by atoms with Crippen molar-refractivity contribution in [3.8, 4) is 5.75 Å². The van der Waals surface area contributed by atoms with Gasteiger partial charge >= 0.3 is 0 Å². The van der Waals surface area contributed by atoms with E-state index in [1.54, 1.807) is 37.7 Å². The Hall–Kier alpha value is -2.47. The molecule has 0 aliphatic rings. The van der Waals surface area contributed by atoms with E-state index >= 15 is 0 Å². The topological polar surface area (TPSA) is 58.6 Å². The fraction of sp³-hybridized carbons (Fsp3) is 0.364. The number of thioether (sulfide) groups is 1. The first kappa shape index (κ1) is 21.8. The van der Waals surface area contributed by atoms with Gasteiger partial charge < -0.3 is 15.0 Å². The predicted octanol–water partition coefficient (Wildman–Crippen LogP) is 3.40. The van der Waals surface area contributed by atoms with Gasteiger partial charge in [0.15, 0.2) is 0 Å². The Kier molecular flexibility index (Phi) is 8.39. The average molecular weight is 401 g/mol. The molecular weight excluding hydrogens is 372 g/mol. The summed E-state index contributed by atoms with van der Waals surface area (Å²) in [4.78, 5) is 26.7. The molecule has 0 aromatic heterocycles. The summed E-state index contributed by atoms with van der Waals surface area (Å²) in [6, 6.07) is 15.2. The van der Waals surface area contributed by atoms with Crippen LogP contribution >= 0.6 is 11.8 Å². The van der Waals surface area contributed by atoms with Crippen molar-refractivity contribution < 1.29 is 14.3 Å². The largest absolute Gasteiger partial charge is 0.497 e. The minimum atomic E-state index is -0.529. The SMILES string of the molecule is CNC(=O)[C@H](C)N(Cc1ccccc1C)C(=O)CSCc1ccc(OC)cc1. The zero-order chi connectivity index (χ0) is 20.5. The second-order valence-corrected chi connectivity index (χ2v) is 7.56. The molecule has 6 heteroatoms. The highest BCUT2D eigenvalue weighted by Gasteiger charge is 2.25. The number of ether oxygens (including phenoxy) is 1. The van der Waals surface area contributed by atoms with Gasteiger partial charge in [0.1, 0.15) is 11.8 Å². The molecule has 0 aliphatic heterocycles. The van der Waals surface area contributed by atoms with Crippen LogP contribution in [0.15, 0.2) is 48.5 Å². The molecule has 0 bridgehead atoms. The van der Waals surface area contributed by atoms with E-state index in [2.05, 4.69) is 5.32 Å². The summed E-state index contributed by atoms with van der Waals surface area (Å²) in [5.74, 6) is 1.65. The lowest BCUT2D eigenvalue weighted by Gasteiger charge is -2.29. The van der Waals surface area contributed by atoms with Crippen LogP contribution < -0.4 is 10.1 Å². The number of amides is 2. The van der Waals surface area contributed by atoms with Gasteiger partial charge in [0.2, 0.25) is 11.8 Å². The molecule has 1 N–H and O–H groups in total. The first-order valence-electron chi connectivity index (χ1n) is 9.22. The van der Waals surface area contributed by atoms with Crippen LogP contribution in [-0.4, -0.2) is 42.7 Å². The van der Waals surface area contributed by atoms with E-state index in [1.807, 2.05) is 55.5 Å². The van der Waals surface area contributed by atoms with E-state index in [0.717, 1.165) is 28.2 Å². The van der Waals surface area contributed by atoms with Crippen molar-refractivity contribution >= 4 is 23.6 Å². The Morgan fingerprint density at radius 1 is 1.14 bits per heavy atom. The number of nitrogens with one attached hydrogen (secondary N) is 1. The molecule has 0 fully saturated rings. The maximum Gasteiger partial charge on any atom is 0.242 e. The number of carbonyl (C=O) groups is 2. The van der Waals surface area contributed by atoms with Crippen LogP contribution in [0.2, 0.25) is 0 Å². The summed E-state index contributed by atoms with van der Waals surface area (Å²) in [5.41, 5.74) is 3.28. The summed E-state index contributed by atoms with van der Waals surface area (Å²) in [5, 5.41) is 2.64. The van der Waals surface area contributed by atoms with Crippen molar-refractivity contribution in [3.05, 3.63) is 65.2 Å². The van der Waals surface area contributed by atoms with Crippen LogP contribution in [0.5, 0.6) is 5.75 Å². The number of nitrogens with zero attached hydrogens (tertiary/aromatic N) is 1. The molecular formula is C22H28N2O3S. The van der Waals surface area contributed by atoms with Crippen LogP contribution in [-0.2, 0) is 21.9 Å². The van der Waals surface area contributed by atoms with E-state index in [4.69, 9.17) is 4.74 Å². The van der Waals surface area contributed by atoms with Crippen LogP contribution in [0, 0.1) is 6.92 Å². The van der Waals surface area contributed by atoms with Crippen molar-refractivity contribution in [2.24, 2.45) is 0 Å². The van der Waals surface area contributed by atoms with Crippen molar-refractivity contribution in [3.63, 3.8) is 0 Å². The third-order valence-electron chi connectivity index (χ3n) is 4.67. The van der Waals surface area contributed by atoms with E-state index < -0.39 is 6.04 Å². The van der Waals surface area contributed by atoms with Crippen molar-refractivity contribution in [2.75, 3.05) is 19.9 Å². The Morgan fingerprint density at radius 2 is 1.82 bits per heavy atom. The number of hydrogen-bond acceptors (Lipinski definition) is 4. The molecule has 1 atom stereocenters. The number of rotatable bonds is 9. The lowest BCUT2D eigenvalue weighted by Crippen LogP contribution is -2.47. The number of aryl methyl sites for hydroxylation is 1.